The number of allylic oxidation sites excluding steroid dienone is 26. The van der Waals surface area contributed by atoms with Crippen LogP contribution < -0.4 is 0 Å². The summed E-state index contributed by atoms with van der Waals surface area (Å²) in [6.07, 6.45) is 67.9. The van der Waals surface area contributed by atoms with E-state index in [1.54, 1.807) is 0 Å². The highest BCUT2D eigenvalue weighted by Gasteiger charge is 2.50. The van der Waals surface area contributed by atoms with Crippen LogP contribution in [0.3, 0.4) is 0 Å². The van der Waals surface area contributed by atoms with Crippen molar-refractivity contribution in [3.8, 4) is 0 Å². The summed E-state index contributed by atoms with van der Waals surface area (Å²) in [7, 11) is 0. The number of aliphatic hydroxyl groups excluding tert-OH is 2. The fraction of sp³-hybridized carbons (Fsp3) is 0.565. The monoisotopic (exact) mass is 1120 g/mol. The van der Waals surface area contributed by atoms with Gasteiger partial charge in [-0.05, 0) is 128 Å². The number of carboxylic acid groups (broad SMARTS) is 1. The zero-order valence-electron chi connectivity index (χ0n) is 49.7. The zero-order valence-corrected chi connectivity index (χ0v) is 49.7. The summed E-state index contributed by atoms with van der Waals surface area (Å²) in [4.78, 5) is 51.2. The van der Waals surface area contributed by atoms with Crippen molar-refractivity contribution in [2.24, 2.45) is 0 Å². The average Bonchev–Trinajstić information content (AvgIpc) is 3.45. The van der Waals surface area contributed by atoms with Crippen molar-refractivity contribution in [2.75, 3.05) is 13.2 Å². The fourth-order valence-electron chi connectivity index (χ4n) is 7.99. The van der Waals surface area contributed by atoms with Crippen LogP contribution in [-0.2, 0) is 42.9 Å². The molecule has 6 atom stereocenters. The Morgan fingerprint density at radius 1 is 0.420 bits per heavy atom. The largest absolute Gasteiger partial charge is 0.479 e. The molecule has 12 nitrogen and oxygen atoms in total. The molecule has 12 heteroatoms. The SMILES string of the molecule is CC/C=C\C/C=C\C/C=C\C/C=C\C/C=C\C/C=C\CCC(=O)OCC(COC1OC(C(=O)O)C(O)C(O)C1OC(=O)CCCCC/C=C\C/C=C\C/C=C\C/C=C\C/C=C\CC)OC(=O)CCCCCCC/C=C\C/C=C\CCC. The number of carboxylic acids is 1. The van der Waals surface area contributed by atoms with Crippen molar-refractivity contribution in [1.82, 2.24) is 0 Å². The quantitative estimate of drug-likeness (QED) is 0.0228. The van der Waals surface area contributed by atoms with Gasteiger partial charge in [0.1, 0.15) is 18.8 Å². The molecule has 0 aromatic rings. The minimum atomic E-state index is -1.94. The first-order chi connectivity index (χ1) is 39.6. The van der Waals surface area contributed by atoms with E-state index in [0.29, 0.717) is 25.7 Å². The van der Waals surface area contributed by atoms with E-state index in [1.807, 2.05) is 12.2 Å². The third kappa shape index (κ3) is 44.7. The van der Waals surface area contributed by atoms with Crippen molar-refractivity contribution in [3.05, 3.63) is 158 Å². The normalized spacial score (nSPS) is 18.9. The Kier molecular flexibility index (Phi) is 49.7. The van der Waals surface area contributed by atoms with Gasteiger partial charge in [0.2, 0.25) is 0 Å². The number of hydrogen-bond acceptors (Lipinski definition) is 11. The Labute approximate surface area is 488 Å². The molecule has 0 saturated carbocycles. The van der Waals surface area contributed by atoms with Crippen LogP contribution in [0.5, 0.6) is 0 Å². The minimum absolute atomic E-state index is 0.00286. The molecule has 3 N–H and O–H groups in total. The molecule has 0 spiro atoms. The summed E-state index contributed by atoms with van der Waals surface area (Å²) in [6, 6.07) is 0. The lowest BCUT2D eigenvalue weighted by atomic mass is 9.98. The van der Waals surface area contributed by atoms with Gasteiger partial charge in [0.25, 0.3) is 0 Å². The lowest BCUT2D eigenvalue weighted by molar-refractivity contribution is -0.301. The minimum Gasteiger partial charge on any atom is -0.479 e. The molecule has 452 valence electrons. The summed E-state index contributed by atoms with van der Waals surface area (Å²) in [6.45, 7) is 5.59. The predicted octanol–water partition coefficient (Wildman–Crippen LogP) is 16.1. The number of aliphatic hydroxyl groups is 2. The Hall–Kier alpha value is -5.66. The van der Waals surface area contributed by atoms with Gasteiger partial charge in [-0.15, -0.1) is 0 Å². The van der Waals surface area contributed by atoms with Gasteiger partial charge < -0.3 is 39.0 Å². The number of aliphatic carboxylic acids is 1. The molecule has 0 amide bonds. The van der Waals surface area contributed by atoms with Gasteiger partial charge in [0, 0.05) is 19.3 Å². The van der Waals surface area contributed by atoms with E-state index in [2.05, 4.69) is 167 Å². The number of esters is 3. The summed E-state index contributed by atoms with van der Waals surface area (Å²) in [5, 5.41) is 31.5. The maximum atomic E-state index is 13.1. The molecule has 81 heavy (non-hydrogen) atoms. The van der Waals surface area contributed by atoms with E-state index in [1.165, 1.54) is 0 Å². The highest BCUT2D eigenvalue weighted by atomic mass is 16.7. The maximum Gasteiger partial charge on any atom is 0.335 e. The first-order valence-corrected chi connectivity index (χ1v) is 30.5. The molecule has 0 aromatic carbocycles. The number of carbonyl (C=O) groups is 4. The summed E-state index contributed by atoms with van der Waals surface area (Å²) < 4.78 is 28.3. The first kappa shape index (κ1) is 73.4. The van der Waals surface area contributed by atoms with Crippen LogP contribution in [0.1, 0.15) is 201 Å². The third-order valence-corrected chi connectivity index (χ3v) is 12.6. The van der Waals surface area contributed by atoms with Crippen LogP contribution in [0.25, 0.3) is 0 Å². The number of unbranched alkanes of at least 4 members (excludes halogenated alkanes) is 9. The highest BCUT2D eigenvalue weighted by molar-refractivity contribution is 5.74. The van der Waals surface area contributed by atoms with Crippen LogP contribution in [0.2, 0.25) is 0 Å². The topological polar surface area (TPSA) is 175 Å². The van der Waals surface area contributed by atoms with Crippen molar-refractivity contribution in [1.29, 1.82) is 0 Å². The van der Waals surface area contributed by atoms with E-state index >= 15 is 0 Å². The van der Waals surface area contributed by atoms with Gasteiger partial charge in [-0.2, -0.15) is 0 Å². The number of rotatable bonds is 49. The molecule has 1 aliphatic heterocycles. The van der Waals surface area contributed by atoms with Crippen molar-refractivity contribution in [2.45, 2.75) is 237 Å². The second-order valence-corrected chi connectivity index (χ2v) is 19.9. The van der Waals surface area contributed by atoms with Crippen LogP contribution in [0.4, 0.5) is 0 Å². The molecule has 6 unspecified atom stereocenters. The van der Waals surface area contributed by atoms with Gasteiger partial charge in [0.05, 0.1) is 6.61 Å². The Morgan fingerprint density at radius 2 is 0.802 bits per heavy atom. The second kappa shape index (κ2) is 54.9. The van der Waals surface area contributed by atoms with Crippen LogP contribution in [0, 0.1) is 0 Å². The molecule has 1 fully saturated rings. The van der Waals surface area contributed by atoms with Gasteiger partial charge in [0.15, 0.2) is 24.6 Å². The molecular formula is C69H104O12. The summed E-state index contributed by atoms with van der Waals surface area (Å²) in [5.74, 6) is -3.32. The molecule has 0 bridgehead atoms. The van der Waals surface area contributed by atoms with Crippen LogP contribution in [-0.4, -0.2) is 89.2 Å². The Bertz CT molecular complexity index is 2010. The lowest BCUT2D eigenvalue weighted by Gasteiger charge is -2.40. The Morgan fingerprint density at radius 3 is 1.25 bits per heavy atom. The van der Waals surface area contributed by atoms with Crippen molar-refractivity contribution < 1.29 is 58.2 Å². The number of hydrogen-bond donors (Lipinski definition) is 3. The van der Waals surface area contributed by atoms with Crippen molar-refractivity contribution in [3.63, 3.8) is 0 Å². The first-order valence-electron chi connectivity index (χ1n) is 30.5. The number of ether oxygens (including phenoxy) is 5. The maximum absolute atomic E-state index is 13.1. The van der Waals surface area contributed by atoms with Gasteiger partial charge in [-0.1, -0.05) is 211 Å². The van der Waals surface area contributed by atoms with Gasteiger partial charge >= 0.3 is 23.9 Å². The van der Waals surface area contributed by atoms with Gasteiger partial charge in [-0.3, -0.25) is 14.4 Å². The standard InChI is InChI=1S/C69H104O12/c1-4-7-10-13-16-19-22-25-27-29-31-33-35-38-40-43-46-49-52-55-61(70)77-58-60(79-62(71)56-53-50-47-44-41-37-24-21-18-15-12-9-6-3)59-78-69-67(65(74)64(73)66(81-69)68(75)76)80-63(72)57-54-51-48-45-42-39-36-34-32-30-28-26-23-20-17-14-11-8-5-2/h7-8,10-12,15-17,19-21,24-28,31-34,38-40,42,46,49,60,64-67,69,73-74H,4-6,9,13-14,18,22-23,29-30,35-37,41,43-45,47-48,50-59H2,1-3H3,(H,75,76)/b10-7-,11-8-,15-12-,19-16-,20-17-,24-21-,27-25-,28-26-,33-31-,34-32-,40-38-,42-39-,49-46-. The second-order valence-electron chi connectivity index (χ2n) is 19.9. The van der Waals surface area contributed by atoms with Crippen LogP contribution in [0.15, 0.2) is 158 Å². The summed E-state index contributed by atoms with van der Waals surface area (Å²) in [5.41, 5.74) is 0. The highest BCUT2D eigenvalue weighted by Crippen LogP contribution is 2.26. The number of carbonyl (C=O) groups excluding carboxylic acids is 3. The lowest BCUT2D eigenvalue weighted by Crippen LogP contribution is -2.61. The molecular weight excluding hydrogens is 1020 g/mol. The Balaban J connectivity index is 2.76. The van der Waals surface area contributed by atoms with E-state index in [-0.39, 0.29) is 25.9 Å². The molecule has 1 saturated heterocycles. The van der Waals surface area contributed by atoms with Crippen molar-refractivity contribution >= 4 is 23.9 Å². The van der Waals surface area contributed by atoms with Gasteiger partial charge in [-0.25, -0.2) is 4.79 Å². The fourth-order valence-corrected chi connectivity index (χ4v) is 7.99. The van der Waals surface area contributed by atoms with E-state index in [0.717, 1.165) is 135 Å². The summed E-state index contributed by atoms with van der Waals surface area (Å²) >= 11 is 0. The van der Waals surface area contributed by atoms with E-state index < -0.39 is 67.3 Å². The molecule has 0 aromatic heterocycles. The zero-order chi connectivity index (χ0) is 58.9. The average molecular weight is 1130 g/mol. The molecule has 1 rings (SSSR count). The molecule has 0 aliphatic carbocycles. The van der Waals surface area contributed by atoms with E-state index in [4.69, 9.17) is 23.7 Å². The third-order valence-electron chi connectivity index (χ3n) is 12.6. The molecule has 0 radical (unpaired) electrons. The molecule has 1 aliphatic rings. The smallest absolute Gasteiger partial charge is 0.335 e. The predicted molar refractivity (Wildman–Crippen MR) is 330 cm³/mol. The van der Waals surface area contributed by atoms with E-state index in [9.17, 15) is 34.5 Å². The molecule has 1 heterocycles. The van der Waals surface area contributed by atoms with Crippen LogP contribution >= 0.6 is 0 Å².